The second kappa shape index (κ2) is 6.68. The number of hydrogen-bond donors (Lipinski definition) is 4. The third-order valence-electron chi connectivity index (χ3n) is 4.49. The summed E-state index contributed by atoms with van der Waals surface area (Å²) < 4.78 is 10.6. The number of carbonyl (C=O) groups is 1. The zero-order chi connectivity index (χ0) is 18.1. The maximum atomic E-state index is 12.4. The second-order valence-electron chi connectivity index (χ2n) is 6.10. The van der Waals surface area contributed by atoms with E-state index in [9.17, 15) is 4.79 Å². The molecule has 4 N–H and O–H groups in total. The number of nitrogens with one attached hydrogen (secondary N) is 4. The van der Waals surface area contributed by atoms with Crippen molar-refractivity contribution in [2.24, 2.45) is 0 Å². The highest BCUT2D eigenvalue weighted by Gasteiger charge is 2.24. The Bertz CT molecular complexity index is 900. The summed E-state index contributed by atoms with van der Waals surface area (Å²) in [6, 6.07) is 3.45. The van der Waals surface area contributed by atoms with Gasteiger partial charge in [0.15, 0.2) is 23.0 Å². The first-order chi connectivity index (χ1) is 12.7. The molecule has 1 aliphatic rings. The number of aromatic nitrogens is 4. The van der Waals surface area contributed by atoms with Crippen LogP contribution in [0.15, 0.2) is 18.3 Å². The van der Waals surface area contributed by atoms with Crippen molar-refractivity contribution in [3.8, 4) is 23.0 Å². The van der Waals surface area contributed by atoms with Crippen LogP contribution >= 0.6 is 0 Å². The fraction of sp³-hybridized carbons (Fsp3) is 0.353. The van der Waals surface area contributed by atoms with Crippen LogP contribution in [0.3, 0.4) is 0 Å². The fourth-order valence-corrected chi connectivity index (χ4v) is 3.14. The summed E-state index contributed by atoms with van der Waals surface area (Å²) in [5, 5.41) is 13.1. The van der Waals surface area contributed by atoms with E-state index in [1.807, 2.05) is 6.07 Å². The van der Waals surface area contributed by atoms with E-state index in [1.54, 1.807) is 26.5 Å². The number of imidazole rings is 1. The van der Waals surface area contributed by atoms with Gasteiger partial charge in [0.1, 0.15) is 0 Å². The zero-order valence-electron chi connectivity index (χ0n) is 14.5. The number of amides is 1. The van der Waals surface area contributed by atoms with Gasteiger partial charge in [-0.2, -0.15) is 5.10 Å². The first-order valence-corrected chi connectivity index (χ1v) is 8.39. The maximum absolute atomic E-state index is 12.4. The number of rotatable bonds is 5. The van der Waals surface area contributed by atoms with Crippen molar-refractivity contribution >= 4 is 22.6 Å². The Labute approximate surface area is 149 Å². The Morgan fingerprint density at radius 2 is 2.08 bits per heavy atom. The first kappa shape index (κ1) is 16.4. The minimum Gasteiger partial charge on any atom is -0.493 e. The van der Waals surface area contributed by atoms with Crippen LogP contribution in [0.4, 0.5) is 5.69 Å². The molecule has 136 valence electrons. The molecule has 1 saturated heterocycles. The number of nitrogens with zero attached hydrogens (tertiary/aromatic N) is 2. The van der Waals surface area contributed by atoms with Gasteiger partial charge in [-0.15, -0.1) is 0 Å². The number of H-pyrrole nitrogens is 2. The number of ether oxygens (including phenoxy) is 2. The molecular formula is C17H20N6O3. The number of aromatic amines is 2. The van der Waals surface area contributed by atoms with Crippen molar-refractivity contribution in [1.82, 2.24) is 25.5 Å². The zero-order valence-corrected chi connectivity index (χ0v) is 14.5. The molecule has 26 heavy (non-hydrogen) atoms. The lowest BCUT2D eigenvalue weighted by Gasteiger charge is -2.10. The lowest BCUT2D eigenvalue weighted by Crippen LogP contribution is -2.35. The number of anilines is 1. The summed E-state index contributed by atoms with van der Waals surface area (Å²) >= 11 is 0. The van der Waals surface area contributed by atoms with Crippen molar-refractivity contribution < 1.29 is 14.3 Å². The molecule has 9 heteroatoms. The van der Waals surface area contributed by atoms with Gasteiger partial charge >= 0.3 is 0 Å². The predicted molar refractivity (Wildman–Crippen MR) is 96.4 cm³/mol. The number of carbonyl (C=O) groups excluding carboxylic acids is 1. The summed E-state index contributed by atoms with van der Waals surface area (Å²) in [5.74, 6) is 1.69. The average molecular weight is 356 g/mol. The van der Waals surface area contributed by atoms with Crippen LogP contribution in [-0.2, 0) is 4.79 Å². The third kappa shape index (κ3) is 2.86. The predicted octanol–water partition coefficient (Wildman–Crippen LogP) is 1.66. The third-order valence-corrected chi connectivity index (χ3v) is 4.49. The number of hydrogen-bond acceptors (Lipinski definition) is 6. The van der Waals surface area contributed by atoms with Gasteiger partial charge in [-0.05, 0) is 19.4 Å². The van der Waals surface area contributed by atoms with Crippen molar-refractivity contribution in [1.29, 1.82) is 0 Å². The fourth-order valence-electron chi connectivity index (χ4n) is 3.14. The van der Waals surface area contributed by atoms with E-state index in [1.165, 1.54) is 0 Å². The largest absolute Gasteiger partial charge is 0.493 e. The Morgan fingerprint density at radius 1 is 1.27 bits per heavy atom. The van der Waals surface area contributed by atoms with Gasteiger partial charge in [0.25, 0.3) is 0 Å². The van der Waals surface area contributed by atoms with Gasteiger partial charge < -0.3 is 25.1 Å². The highest BCUT2D eigenvalue weighted by Crippen LogP contribution is 2.33. The highest BCUT2D eigenvalue weighted by atomic mass is 16.5. The minimum absolute atomic E-state index is 0.0652. The molecule has 1 aromatic carbocycles. The molecule has 0 bridgehead atoms. The van der Waals surface area contributed by atoms with Gasteiger partial charge in [-0.3, -0.25) is 9.89 Å². The molecule has 2 aromatic heterocycles. The molecule has 0 saturated carbocycles. The van der Waals surface area contributed by atoms with Crippen LogP contribution in [0.25, 0.3) is 22.6 Å². The van der Waals surface area contributed by atoms with E-state index in [0.29, 0.717) is 28.7 Å². The molecule has 1 atom stereocenters. The summed E-state index contributed by atoms with van der Waals surface area (Å²) in [5.41, 5.74) is 2.64. The van der Waals surface area contributed by atoms with Crippen LogP contribution < -0.4 is 20.1 Å². The highest BCUT2D eigenvalue weighted by molar-refractivity contribution is 5.98. The molecule has 4 rings (SSSR count). The number of methoxy groups -OCH3 is 2. The summed E-state index contributed by atoms with van der Waals surface area (Å²) in [6.07, 6.45) is 3.49. The minimum atomic E-state index is -0.165. The Morgan fingerprint density at radius 3 is 2.81 bits per heavy atom. The molecule has 9 nitrogen and oxygen atoms in total. The first-order valence-electron chi connectivity index (χ1n) is 8.39. The van der Waals surface area contributed by atoms with Crippen LogP contribution in [0, 0.1) is 0 Å². The SMILES string of the molecule is COc1cc2nc(-c3n[nH]cc3NC(=O)[C@@H]3CCCN3)[nH]c2cc1OC. The lowest BCUT2D eigenvalue weighted by molar-refractivity contribution is -0.117. The van der Waals surface area contributed by atoms with E-state index in [-0.39, 0.29) is 11.9 Å². The molecule has 0 aliphatic carbocycles. The molecule has 1 aliphatic heterocycles. The van der Waals surface area contributed by atoms with Gasteiger partial charge in [0.2, 0.25) is 5.91 Å². The summed E-state index contributed by atoms with van der Waals surface area (Å²) in [4.78, 5) is 20.1. The smallest absolute Gasteiger partial charge is 0.241 e. The summed E-state index contributed by atoms with van der Waals surface area (Å²) in [7, 11) is 3.16. The average Bonchev–Trinajstić information content (AvgIpc) is 3.39. The Balaban J connectivity index is 1.65. The molecule has 3 heterocycles. The lowest BCUT2D eigenvalue weighted by atomic mass is 10.2. The monoisotopic (exact) mass is 356 g/mol. The molecule has 0 unspecified atom stereocenters. The van der Waals surface area contributed by atoms with Gasteiger partial charge in [0, 0.05) is 18.3 Å². The molecule has 1 amide bonds. The van der Waals surface area contributed by atoms with E-state index in [2.05, 4.69) is 30.8 Å². The normalized spacial score (nSPS) is 16.8. The van der Waals surface area contributed by atoms with Crippen molar-refractivity contribution in [2.45, 2.75) is 18.9 Å². The molecule has 0 radical (unpaired) electrons. The topological polar surface area (TPSA) is 117 Å². The molecule has 0 spiro atoms. The Hall–Kier alpha value is -3.07. The quantitative estimate of drug-likeness (QED) is 0.552. The van der Waals surface area contributed by atoms with Crippen LogP contribution in [0.2, 0.25) is 0 Å². The van der Waals surface area contributed by atoms with Gasteiger partial charge in [-0.1, -0.05) is 0 Å². The number of fused-ring (bicyclic) bond motifs is 1. The van der Waals surface area contributed by atoms with E-state index in [4.69, 9.17) is 9.47 Å². The summed E-state index contributed by atoms with van der Waals surface area (Å²) in [6.45, 7) is 0.865. The van der Waals surface area contributed by atoms with E-state index < -0.39 is 0 Å². The maximum Gasteiger partial charge on any atom is 0.241 e. The molecule has 3 aromatic rings. The standard InChI is InChI=1S/C17H20N6O3/c1-25-13-6-10-11(7-14(13)26-2)21-16(20-10)15-12(8-19-23-15)22-17(24)9-4-3-5-18-9/h6-9,18H,3-5H2,1-2H3,(H,19,23)(H,20,21)(H,22,24)/t9-/m0/s1. The van der Waals surface area contributed by atoms with Crippen molar-refractivity contribution in [3.05, 3.63) is 18.3 Å². The van der Waals surface area contributed by atoms with Crippen LogP contribution in [-0.4, -0.2) is 52.9 Å². The van der Waals surface area contributed by atoms with Gasteiger partial charge in [0.05, 0.1) is 37.0 Å². The van der Waals surface area contributed by atoms with Crippen LogP contribution in [0.1, 0.15) is 12.8 Å². The number of benzene rings is 1. The Kier molecular flexibility index (Phi) is 4.21. The van der Waals surface area contributed by atoms with Crippen molar-refractivity contribution in [2.75, 3.05) is 26.1 Å². The molecule has 1 fully saturated rings. The van der Waals surface area contributed by atoms with Crippen LogP contribution in [0.5, 0.6) is 11.5 Å². The molecular weight excluding hydrogens is 336 g/mol. The van der Waals surface area contributed by atoms with E-state index >= 15 is 0 Å². The second-order valence-corrected chi connectivity index (χ2v) is 6.10. The van der Waals surface area contributed by atoms with E-state index in [0.717, 1.165) is 30.4 Å². The van der Waals surface area contributed by atoms with Crippen molar-refractivity contribution in [3.63, 3.8) is 0 Å². The van der Waals surface area contributed by atoms with Gasteiger partial charge in [-0.25, -0.2) is 4.98 Å².